The van der Waals surface area contributed by atoms with Crippen LogP contribution in [0.25, 0.3) is 0 Å². The standard InChI is InChI=1S/C18H24N4O2/c1-18(2,3)21-17(23)14(12-19)13-20-15-6-4-5-7-16(15)22-8-10-24-11-9-22/h4-7,13,20H,8-11H2,1-3H3,(H,21,23)/b14-13-. The van der Waals surface area contributed by atoms with Crippen molar-refractivity contribution in [3.63, 3.8) is 0 Å². The number of hydrogen-bond acceptors (Lipinski definition) is 5. The average Bonchev–Trinajstić information content (AvgIpc) is 2.55. The fraction of sp³-hybridized carbons (Fsp3) is 0.444. The Bertz CT molecular complexity index is 650. The highest BCUT2D eigenvalue weighted by Crippen LogP contribution is 2.26. The first kappa shape index (κ1) is 17.8. The van der Waals surface area contributed by atoms with Crippen LogP contribution < -0.4 is 15.5 Å². The number of nitriles is 1. The summed E-state index contributed by atoms with van der Waals surface area (Å²) in [7, 11) is 0. The third-order valence-electron chi connectivity index (χ3n) is 3.48. The number of nitrogens with one attached hydrogen (secondary N) is 2. The molecule has 0 bridgehead atoms. The van der Waals surface area contributed by atoms with Crippen LogP contribution in [0.5, 0.6) is 0 Å². The van der Waals surface area contributed by atoms with Gasteiger partial charge >= 0.3 is 0 Å². The van der Waals surface area contributed by atoms with Crippen molar-refractivity contribution < 1.29 is 9.53 Å². The van der Waals surface area contributed by atoms with Crippen LogP contribution in [0, 0.1) is 11.3 Å². The Morgan fingerprint density at radius 1 is 1.29 bits per heavy atom. The van der Waals surface area contributed by atoms with Crippen molar-refractivity contribution in [3.05, 3.63) is 36.0 Å². The monoisotopic (exact) mass is 328 g/mol. The van der Waals surface area contributed by atoms with Crippen molar-refractivity contribution in [1.29, 1.82) is 5.26 Å². The molecule has 1 aliphatic heterocycles. The lowest BCUT2D eigenvalue weighted by Crippen LogP contribution is -2.41. The molecule has 0 spiro atoms. The highest BCUT2D eigenvalue weighted by molar-refractivity contribution is 5.98. The molecule has 6 nitrogen and oxygen atoms in total. The number of carbonyl (C=O) groups excluding carboxylic acids is 1. The van der Waals surface area contributed by atoms with E-state index in [1.54, 1.807) is 0 Å². The summed E-state index contributed by atoms with van der Waals surface area (Å²) in [5.41, 5.74) is 1.54. The van der Waals surface area contributed by atoms with Crippen LogP contribution >= 0.6 is 0 Å². The van der Waals surface area contributed by atoms with E-state index in [0.717, 1.165) is 24.5 Å². The summed E-state index contributed by atoms with van der Waals surface area (Å²) < 4.78 is 5.38. The zero-order chi connectivity index (χ0) is 17.6. The number of benzene rings is 1. The lowest BCUT2D eigenvalue weighted by Gasteiger charge is -2.30. The van der Waals surface area contributed by atoms with Crippen LogP contribution in [0.2, 0.25) is 0 Å². The molecule has 0 radical (unpaired) electrons. The molecule has 2 N–H and O–H groups in total. The van der Waals surface area contributed by atoms with Gasteiger partial charge in [0.1, 0.15) is 11.6 Å². The van der Waals surface area contributed by atoms with E-state index in [1.165, 1.54) is 6.20 Å². The second-order valence-electron chi connectivity index (χ2n) is 6.63. The molecule has 0 atom stereocenters. The quantitative estimate of drug-likeness (QED) is 0.655. The second-order valence-corrected chi connectivity index (χ2v) is 6.63. The Morgan fingerprint density at radius 3 is 2.58 bits per heavy atom. The molecule has 0 aromatic heterocycles. The SMILES string of the molecule is CC(C)(C)NC(=O)/C(C#N)=C\Nc1ccccc1N1CCOCC1. The molecule has 1 fully saturated rings. The highest BCUT2D eigenvalue weighted by atomic mass is 16.5. The van der Waals surface area contributed by atoms with Gasteiger partial charge < -0.3 is 20.3 Å². The zero-order valence-electron chi connectivity index (χ0n) is 14.4. The van der Waals surface area contributed by atoms with Crippen LogP contribution in [-0.2, 0) is 9.53 Å². The molecule has 1 aromatic rings. The number of amides is 1. The number of carbonyl (C=O) groups is 1. The molecular formula is C18H24N4O2. The molecule has 0 saturated carbocycles. The Kier molecular flexibility index (Phi) is 5.83. The van der Waals surface area contributed by atoms with E-state index < -0.39 is 5.54 Å². The Labute approximate surface area is 143 Å². The summed E-state index contributed by atoms with van der Waals surface area (Å²) in [6.07, 6.45) is 1.46. The fourth-order valence-electron chi connectivity index (χ4n) is 2.38. The predicted molar refractivity (Wildman–Crippen MR) is 94.7 cm³/mol. The van der Waals surface area contributed by atoms with Gasteiger partial charge in [0.2, 0.25) is 0 Å². The lowest BCUT2D eigenvalue weighted by atomic mass is 10.1. The molecule has 6 heteroatoms. The first-order valence-corrected chi connectivity index (χ1v) is 8.02. The van der Waals surface area contributed by atoms with Gasteiger partial charge in [0.25, 0.3) is 5.91 Å². The number of para-hydroxylation sites is 2. The van der Waals surface area contributed by atoms with Gasteiger partial charge in [0.15, 0.2) is 0 Å². The minimum atomic E-state index is -0.390. The summed E-state index contributed by atoms with van der Waals surface area (Å²) >= 11 is 0. The first-order valence-electron chi connectivity index (χ1n) is 8.02. The fourth-order valence-corrected chi connectivity index (χ4v) is 2.38. The average molecular weight is 328 g/mol. The summed E-state index contributed by atoms with van der Waals surface area (Å²) in [6, 6.07) is 9.78. The van der Waals surface area contributed by atoms with Crippen molar-refractivity contribution in [3.8, 4) is 6.07 Å². The highest BCUT2D eigenvalue weighted by Gasteiger charge is 2.18. The van der Waals surface area contributed by atoms with Gasteiger partial charge in [0.05, 0.1) is 24.6 Å². The van der Waals surface area contributed by atoms with Gasteiger partial charge in [-0.1, -0.05) is 12.1 Å². The summed E-state index contributed by atoms with van der Waals surface area (Å²) in [6.45, 7) is 8.66. The van der Waals surface area contributed by atoms with Gasteiger partial charge in [-0.15, -0.1) is 0 Å². The van der Waals surface area contributed by atoms with Crippen molar-refractivity contribution >= 4 is 17.3 Å². The molecule has 2 rings (SSSR count). The van der Waals surface area contributed by atoms with E-state index in [2.05, 4.69) is 15.5 Å². The lowest BCUT2D eigenvalue weighted by molar-refractivity contribution is -0.118. The van der Waals surface area contributed by atoms with Crippen LogP contribution in [0.15, 0.2) is 36.0 Å². The zero-order valence-corrected chi connectivity index (χ0v) is 14.4. The van der Waals surface area contributed by atoms with Crippen LogP contribution in [0.3, 0.4) is 0 Å². The normalized spacial score (nSPS) is 15.6. The van der Waals surface area contributed by atoms with E-state index in [0.29, 0.717) is 13.2 Å². The predicted octanol–water partition coefficient (Wildman–Crippen LogP) is 2.26. The maximum atomic E-state index is 12.1. The number of rotatable bonds is 4. The van der Waals surface area contributed by atoms with Crippen LogP contribution in [0.4, 0.5) is 11.4 Å². The van der Waals surface area contributed by atoms with Crippen molar-refractivity contribution in [2.75, 3.05) is 36.5 Å². The smallest absolute Gasteiger partial charge is 0.263 e. The number of nitrogens with zero attached hydrogens (tertiary/aromatic N) is 2. The Hall–Kier alpha value is -2.52. The third kappa shape index (κ3) is 5.00. The number of ether oxygens (including phenoxy) is 1. The molecular weight excluding hydrogens is 304 g/mol. The summed E-state index contributed by atoms with van der Waals surface area (Å²) in [5.74, 6) is -0.388. The maximum Gasteiger partial charge on any atom is 0.263 e. The number of anilines is 2. The van der Waals surface area contributed by atoms with Crippen LogP contribution in [0.1, 0.15) is 20.8 Å². The molecule has 1 amide bonds. The Balaban J connectivity index is 2.15. The third-order valence-corrected chi connectivity index (χ3v) is 3.48. The minimum absolute atomic E-state index is 0.0432. The summed E-state index contributed by atoms with van der Waals surface area (Å²) in [5, 5.41) is 15.1. The molecule has 24 heavy (non-hydrogen) atoms. The first-order chi connectivity index (χ1) is 11.4. The van der Waals surface area contributed by atoms with E-state index in [-0.39, 0.29) is 11.5 Å². The van der Waals surface area contributed by atoms with Gasteiger partial charge in [-0.2, -0.15) is 5.26 Å². The molecule has 1 saturated heterocycles. The second kappa shape index (κ2) is 7.84. The molecule has 1 aromatic carbocycles. The van der Waals surface area contributed by atoms with E-state index in [1.807, 2.05) is 51.1 Å². The number of hydrogen-bond donors (Lipinski definition) is 2. The van der Waals surface area contributed by atoms with E-state index >= 15 is 0 Å². The van der Waals surface area contributed by atoms with Crippen molar-refractivity contribution in [2.24, 2.45) is 0 Å². The molecule has 0 unspecified atom stereocenters. The van der Waals surface area contributed by atoms with Gasteiger partial charge in [-0.3, -0.25) is 4.79 Å². The summed E-state index contributed by atoms with van der Waals surface area (Å²) in [4.78, 5) is 14.4. The molecule has 1 aliphatic rings. The van der Waals surface area contributed by atoms with Crippen molar-refractivity contribution in [2.45, 2.75) is 26.3 Å². The molecule has 0 aliphatic carbocycles. The minimum Gasteiger partial charge on any atom is -0.378 e. The van der Waals surface area contributed by atoms with E-state index in [9.17, 15) is 10.1 Å². The van der Waals surface area contributed by atoms with E-state index in [4.69, 9.17) is 4.74 Å². The maximum absolute atomic E-state index is 12.1. The van der Waals surface area contributed by atoms with Gasteiger partial charge in [-0.25, -0.2) is 0 Å². The molecule has 128 valence electrons. The number of morpholine rings is 1. The van der Waals surface area contributed by atoms with Gasteiger partial charge in [-0.05, 0) is 32.9 Å². The Morgan fingerprint density at radius 2 is 1.96 bits per heavy atom. The van der Waals surface area contributed by atoms with Crippen LogP contribution in [-0.4, -0.2) is 37.7 Å². The van der Waals surface area contributed by atoms with Gasteiger partial charge in [0, 0.05) is 24.8 Å². The van der Waals surface area contributed by atoms with Crippen molar-refractivity contribution in [1.82, 2.24) is 5.32 Å². The molecule has 1 heterocycles. The topological polar surface area (TPSA) is 77.4 Å². The largest absolute Gasteiger partial charge is 0.378 e.